The third-order valence-corrected chi connectivity index (χ3v) is 4.11. The zero-order chi connectivity index (χ0) is 14.8. The Morgan fingerprint density at radius 1 is 1.33 bits per heavy atom. The average molecular weight is 287 g/mol. The Morgan fingerprint density at radius 2 is 2.19 bits per heavy atom. The molecule has 6 heteroatoms. The molecule has 1 N–H and O–H groups in total. The Labute approximate surface area is 124 Å². The van der Waals surface area contributed by atoms with E-state index >= 15 is 0 Å². The molecule has 2 heterocycles. The lowest BCUT2D eigenvalue weighted by atomic mass is 10.0. The van der Waals surface area contributed by atoms with Gasteiger partial charge in [0, 0.05) is 30.4 Å². The molecule has 1 aliphatic heterocycles. The van der Waals surface area contributed by atoms with E-state index in [4.69, 9.17) is 4.74 Å². The second kappa shape index (κ2) is 5.73. The van der Waals surface area contributed by atoms with Crippen molar-refractivity contribution < 1.29 is 4.74 Å². The molecule has 1 unspecified atom stereocenters. The summed E-state index contributed by atoms with van der Waals surface area (Å²) in [5, 5.41) is 11.5. The van der Waals surface area contributed by atoms with Crippen LogP contribution in [-0.4, -0.2) is 35.5 Å². The molecule has 0 radical (unpaired) electrons. The summed E-state index contributed by atoms with van der Waals surface area (Å²) in [5.74, 6) is 1.92. The molecule has 0 saturated carbocycles. The topological polar surface area (TPSA) is 55.2 Å². The van der Waals surface area contributed by atoms with Crippen molar-refractivity contribution in [3.63, 3.8) is 0 Å². The second-order valence-corrected chi connectivity index (χ2v) is 5.27. The zero-order valence-corrected chi connectivity index (χ0v) is 12.7. The summed E-state index contributed by atoms with van der Waals surface area (Å²) in [6.07, 6.45) is 1.80. The molecule has 0 spiro atoms. The molecule has 1 aromatic heterocycles. The molecule has 0 amide bonds. The Balaban J connectivity index is 1.99. The van der Waals surface area contributed by atoms with E-state index in [1.807, 2.05) is 19.2 Å². The standard InChI is InChI=1S/C15H21N5O/c1-11(16-2)15-12(5-4-6-13(15)21-3)19-7-8-20-10-17-18-14(20)9-19/h4-6,10-11,16H,7-9H2,1-3H3. The molecule has 0 bridgehead atoms. The number of anilines is 1. The Hall–Kier alpha value is -2.08. The number of methoxy groups -OCH3 is 1. The average Bonchev–Trinajstić information content (AvgIpc) is 3.00. The highest BCUT2D eigenvalue weighted by Crippen LogP contribution is 2.35. The summed E-state index contributed by atoms with van der Waals surface area (Å²) in [6.45, 7) is 4.78. The molecule has 0 aliphatic carbocycles. The lowest BCUT2D eigenvalue weighted by molar-refractivity contribution is 0.403. The Morgan fingerprint density at radius 3 is 2.95 bits per heavy atom. The molecule has 0 saturated heterocycles. The molecule has 0 fully saturated rings. The lowest BCUT2D eigenvalue weighted by Gasteiger charge is -2.32. The number of aromatic nitrogens is 3. The quantitative estimate of drug-likeness (QED) is 0.925. The maximum Gasteiger partial charge on any atom is 0.152 e. The van der Waals surface area contributed by atoms with Gasteiger partial charge in [0.2, 0.25) is 0 Å². The van der Waals surface area contributed by atoms with Gasteiger partial charge in [-0.2, -0.15) is 0 Å². The van der Waals surface area contributed by atoms with Gasteiger partial charge in [-0.3, -0.25) is 0 Å². The number of ether oxygens (including phenoxy) is 1. The molecule has 21 heavy (non-hydrogen) atoms. The summed E-state index contributed by atoms with van der Waals surface area (Å²) in [4.78, 5) is 2.34. The predicted molar refractivity (Wildman–Crippen MR) is 81.5 cm³/mol. The third-order valence-electron chi connectivity index (χ3n) is 4.11. The van der Waals surface area contributed by atoms with Crippen molar-refractivity contribution in [3.05, 3.63) is 35.9 Å². The number of benzene rings is 1. The van der Waals surface area contributed by atoms with E-state index in [2.05, 4.69) is 38.0 Å². The van der Waals surface area contributed by atoms with Crippen molar-refractivity contribution in [1.29, 1.82) is 0 Å². The number of nitrogens with one attached hydrogen (secondary N) is 1. The predicted octanol–water partition coefficient (Wildman–Crippen LogP) is 1.59. The molecule has 112 valence electrons. The van der Waals surface area contributed by atoms with Crippen LogP contribution < -0.4 is 15.0 Å². The highest BCUT2D eigenvalue weighted by atomic mass is 16.5. The highest BCUT2D eigenvalue weighted by Gasteiger charge is 2.23. The minimum Gasteiger partial charge on any atom is -0.496 e. The van der Waals surface area contributed by atoms with Crippen LogP contribution in [0.25, 0.3) is 0 Å². The molecular formula is C15H21N5O. The molecule has 2 aromatic rings. The number of fused-ring (bicyclic) bond motifs is 1. The van der Waals surface area contributed by atoms with Crippen molar-refractivity contribution in [2.75, 3.05) is 25.6 Å². The van der Waals surface area contributed by atoms with Crippen LogP contribution in [0, 0.1) is 0 Å². The molecule has 6 nitrogen and oxygen atoms in total. The van der Waals surface area contributed by atoms with E-state index in [0.717, 1.165) is 31.2 Å². The third kappa shape index (κ3) is 2.47. The van der Waals surface area contributed by atoms with Crippen LogP contribution in [0.15, 0.2) is 24.5 Å². The molecule has 1 aliphatic rings. The van der Waals surface area contributed by atoms with Gasteiger partial charge in [-0.25, -0.2) is 0 Å². The smallest absolute Gasteiger partial charge is 0.152 e. The van der Waals surface area contributed by atoms with Gasteiger partial charge < -0.3 is 19.5 Å². The van der Waals surface area contributed by atoms with Crippen LogP contribution in [0.2, 0.25) is 0 Å². The van der Waals surface area contributed by atoms with Crippen molar-refractivity contribution in [3.8, 4) is 5.75 Å². The van der Waals surface area contributed by atoms with Gasteiger partial charge in [0.05, 0.1) is 13.7 Å². The number of rotatable bonds is 4. The monoisotopic (exact) mass is 287 g/mol. The second-order valence-electron chi connectivity index (χ2n) is 5.27. The largest absolute Gasteiger partial charge is 0.496 e. The number of nitrogens with zero attached hydrogens (tertiary/aromatic N) is 4. The molecule has 1 aromatic carbocycles. The highest BCUT2D eigenvalue weighted by molar-refractivity contribution is 5.61. The summed E-state index contributed by atoms with van der Waals surface area (Å²) >= 11 is 0. The van der Waals surface area contributed by atoms with Crippen LogP contribution in [0.4, 0.5) is 5.69 Å². The van der Waals surface area contributed by atoms with Gasteiger partial charge in [-0.1, -0.05) is 6.07 Å². The van der Waals surface area contributed by atoms with Crippen molar-refractivity contribution in [2.24, 2.45) is 0 Å². The van der Waals surface area contributed by atoms with Crippen molar-refractivity contribution >= 4 is 5.69 Å². The van der Waals surface area contributed by atoms with Crippen LogP contribution in [0.1, 0.15) is 24.4 Å². The Kier molecular flexibility index (Phi) is 3.79. The summed E-state index contributed by atoms with van der Waals surface area (Å²) in [7, 11) is 3.69. The fourth-order valence-electron chi connectivity index (χ4n) is 2.84. The van der Waals surface area contributed by atoms with E-state index in [9.17, 15) is 0 Å². The van der Waals surface area contributed by atoms with Gasteiger partial charge in [0.25, 0.3) is 0 Å². The van der Waals surface area contributed by atoms with Gasteiger partial charge in [0.15, 0.2) is 5.82 Å². The fraction of sp³-hybridized carbons (Fsp3) is 0.467. The first-order chi connectivity index (χ1) is 10.2. The SMILES string of the molecule is CNC(C)c1c(OC)cccc1N1CCn2cnnc2C1. The van der Waals surface area contributed by atoms with Gasteiger partial charge in [-0.05, 0) is 26.1 Å². The number of hydrogen-bond acceptors (Lipinski definition) is 5. The first kappa shape index (κ1) is 13.9. The Bertz CT molecular complexity index is 624. The van der Waals surface area contributed by atoms with Crippen molar-refractivity contribution in [2.45, 2.75) is 26.1 Å². The minimum absolute atomic E-state index is 0.218. The first-order valence-corrected chi connectivity index (χ1v) is 7.20. The van der Waals surface area contributed by atoms with E-state index < -0.39 is 0 Å². The first-order valence-electron chi connectivity index (χ1n) is 7.20. The normalized spacial score (nSPS) is 15.7. The van der Waals surface area contributed by atoms with Gasteiger partial charge in [-0.15, -0.1) is 10.2 Å². The van der Waals surface area contributed by atoms with Crippen LogP contribution in [0.5, 0.6) is 5.75 Å². The van der Waals surface area contributed by atoms with E-state index in [1.165, 1.54) is 11.3 Å². The van der Waals surface area contributed by atoms with E-state index in [-0.39, 0.29) is 6.04 Å². The van der Waals surface area contributed by atoms with Gasteiger partial charge >= 0.3 is 0 Å². The maximum atomic E-state index is 5.55. The summed E-state index contributed by atoms with van der Waals surface area (Å²) in [6, 6.07) is 6.42. The lowest BCUT2D eigenvalue weighted by Crippen LogP contribution is -2.34. The number of hydrogen-bond donors (Lipinski definition) is 1. The van der Waals surface area contributed by atoms with E-state index in [0.29, 0.717) is 0 Å². The zero-order valence-electron chi connectivity index (χ0n) is 12.7. The molecule has 3 rings (SSSR count). The van der Waals surface area contributed by atoms with Crippen molar-refractivity contribution in [1.82, 2.24) is 20.1 Å². The van der Waals surface area contributed by atoms with Gasteiger partial charge in [0.1, 0.15) is 12.1 Å². The van der Waals surface area contributed by atoms with Crippen LogP contribution in [-0.2, 0) is 13.1 Å². The van der Waals surface area contributed by atoms with Crippen LogP contribution in [0.3, 0.4) is 0 Å². The maximum absolute atomic E-state index is 5.55. The molecule has 1 atom stereocenters. The van der Waals surface area contributed by atoms with Crippen LogP contribution >= 0.6 is 0 Å². The van der Waals surface area contributed by atoms with E-state index in [1.54, 1.807) is 13.4 Å². The molecular weight excluding hydrogens is 266 g/mol. The minimum atomic E-state index is 0.218. The summed E-state index contributed by atoms with van der Waals surface area (Å²) < 4.78 is 7.66. The fourth-order valence-corrected chi connectivity index (χ4v) is 2.84. The summed E-state index contributed by atoms with van der Waals surface area (Å²) in [5.41, 5.74) is 2.39.